The molecule has 0 atom stereocenters. The Kier molecular flexibility index (Phi) is 4.32. The number of hydrogen-bond donors (Lipinski definition) is 0. The maximum absolute atomic E-state index is 6.19. The summed E-state index contributed by atoms with van der Waals surface area (Å²) in [5.41, 5.74) is 6.31. The molecule has 0 bridgehead atoms. The summed E-state index contributed by atoms with van der Waals surface area (Å²) in [6.45, 7) is 0. The average Bonchev–Trinajstić information content (AvgIpc) is 2.69. The van der Waals surface area contributed by atoms with Crippen LogP contribution >= 0.6 is 11.6 Å². The Balaban J connectivity index is 1.92. The van der Waals surface area contributed by atoms with Crippen molar-refractivity contribution in [1.82, 2.24) is 4.98 Å². The minimum atomic E-state index is 0.733. The molecule has 0 aliphatic heterocycles. The van der Waals surface area contributed by atoms with Crippen LogP contribution in [0.15, 0.2) is 97.1 Å². The molecule has 0 amide bonds. The lowest BCUT2D eigenvalue weighted by molar-refractivity contribution is 1.32. The summed E-state index contributed by atoms with van der Waals surface area (Å²) in [4.78, 5) is 4.89. The Morgan fingerprint density at radius 3 is 1.52 bits per heavy atom. The third-order valence-corrected chi connectivity index (χ3v) is 4.36. The lowest BCUT2D eigenvalue weighted by atomic mass is 10.00. The highest BCUT2D eigenvalue weighted by Crippen LogP contribution is 2.31. The van der Waals surface area contributed by atoms with Crippen molar-refractivity contribution in [2.24, 2.45) is 0 Å². The zero-order valence-corrected chi connectivity index (χ0v) is 14.3. The van der Waals surface area contributed by atoms with Gasteiger partial charge in [-0.2, -0.15) is 0 Å². The van der Waals surface area contributed by atoms with E-state index in [-0.39, 0.29) is 0 Å². The second kappa shape index (κ2) is 6.92. The number of pyridine rings is 1. The molecule has 0 saturated heterocycles. The Hall–Kier alpha value is -2.90. The SMILES string of the molecule is Clc1cccc(-c2cc(-c3ccccc3)nc(-c3ccccc3)c2)c1. The number of halogens is 1. The summed E-state index contributed by atoms with van der Waals surface area (Å²) < 4.78 is 0. The van der Waals surface area contributed by atoms with Crippen LogP contribution in [0.3, 0.4) is 0 Å². The lowest BCUT2D eigenvalue weighted by Gasteiger charge is -2.10. The molecular formula is C23H16ClN. The van der Waals surface area contributed by atoms with E-state index in [0.717, 1.165) is 38.7 Å². The van der Waals surface area contributed by atoms with E-state index < -0.39 is 0 Å². The monoisotopic (exact) mass is 341 g/mol. The van der Waals surface area contributed by atoms with Gasteiger partial charge in [0.05, 0.1) is 11.4 Å². The first kappa shape index (κ1) is 15.6. The van der Waals surface area contributed by atoms with Gasteiger partial charge in [-0.15, -0.1) is 0 Å². The molecule has 2 heteroatoms. The van der Waals surface area contributed by atoms with Gasteiger partial charge in [-0.3, -0.25) is 0 Å². The van der Waals surface area contributed by atoms with Crippen molar-refractivity contribution in [3.05, 3.63) is 102 Å². The van der Waals surface area contributed by atoms with Crippen molar-refractivity contribution in [2.45, 2.75) is 0 Å². The fourth-order valence-electron chi connectivity index (χ4n) is 2.88. The number of hydrogen-bond acceptors (Lipinski definition) is 1. The normalized spacial score (nSPS) is 10.6. The largest absolute Gasteiger partial charge is 0.248 e. The van der Waals surface area contributed by atoms with Crippen molar-refractivity contribution in [3.63, 3.8) is 0 Å². The molecule has 0 N–H and O–H groups in total. The van der Waals surface area contributed by atoms with Crippen LogP contribution < -0.4 is 0 Å². The minimum Gasteiger partial charge on any atom is -0.248 e. The maximum Gasteiger partial charge on any atom is 0.0715 e. The first-order valence-electron chi connectivity index (χ1n) is 8.18. The second-order valence-corrected chi connectivity index (χ2v) is 6.31. The van der Waals surface area contributed by atoms with Crippen molar-refractivity contribution in [2.75, 3.05) is 0 Å². The summed E-state index contributed by atoms with van der Waals surface area (Å²) in [6.07, 6.45) is 0. The minimum absolute atomic E-state index is 0.733. The van der Waals surface area contributed by atoms with Crippen LogP contribution in [0.25, 0.3) is 33.6 Å². The molecule has 4 aromatic rings. The average molecular weight is 342 g/mol. The van der Waals surface area contributed by atoms with Crippen LogP contribution in [-0.2, 0) is 0 Å². The number of benzene rings is 3. The molecule has 0 radical (unpaired) electrons. The predicted molar refractivity (Wildman–Crippen MR) is 106 cm³/mol. The van der Waals surface area contributed by atoms with E-state index in [0.29, 0.717) is 0 Å². The van der Waals surface area contributed by atoms with Crippen molar-refractivity contribution in [1.29, 1.82) is 0 Å². The van der Waals surface area contributed by atoms with Crippen LogP contribution in [0.1, 0.15) is 0 Å². The highest BCUT2D eigenvalue weighted by Gasteiger charge is 2.08. The van der Waals surface area contributed by atoms with Crippen molar-refractivity contribution in [3.8, 4) is 33.6 Å². The zero-order chi connectivity index (χ0) is 17.1. The molecule has 0 fully saturated rings. The molecule has 4 rings (SSSR count). The van der Waals surface area contributed by atoms with Crippen LogP contribution in [0, 0.1) is 0 Å². The fraction of sp³-hybridized carbons (Fsp3) is 0. The third kappa shape index (κ3) is 3.47. The van der Waals surface area contributed by atoms with Gasteiger partial charge >= 0.3 is 0 Å². The summed E-state index contributed by atoms with van der Waals surface area (Å²) in [7, 11) is 0. The standard InChI is InChI=1S/C23H16ClN/c24-21-13-7-12-19(14-21)20-15-22(17-8-3-1-4-9-17)25-23(16-20)18-10-5-2-6-11-18/h1-16H. The van der Waals surface area contributed by atoms with Gasteiger partial charge in [0.15, 0.2) is 0 Å². The van der Waals surface area contributed by atoms with Gasteiger partial charge in [-0.25, -0.2) is 4.98 Å². The van der Waals surface area contributed by atoms with E-state index in [4.69, 9.17) is 16.6 Å². The molecule has 0 aliphatic rings. The number of nitrogens with zero attached hydrogens (tertiary/aromatic N) is 1. The molecule has 0 unspecified atom stereocenters. The summed E-state index contributed by atoms with van der Waals surface area (Å²) >= 11 is 6.19. The molecule has 3 aromatic carbocycles. The number of rotatable bonds is 3. The molecule has 120 valence electrons. The second-order valence-electron chi connectivity index (χ2n) is 5.87. The number of aromatic nitrogens is 1. The summed E-state index contributed by atoms with van der Waals surface area (Å²) in [5.74, 6) is 0. The van der Waals surface area contributed by atoms with Crippen LogP contribution in [0.2, 0.25) is 5.02 Å². The van der Waals surface area contributed by atoms with Crippen molar-refractivity contribution >= 4 is 11.6 Å². The molecule has 25 heavy (non-hydrogen) atoms. The van der Waals surface area contributed by atoms with Crippen LogP contribution in [-0.4, -0.2) is 4.98 Å². The fourth-order valence-corrected chi connectivity index (χ4v) is 3.07. The quantitative estimate of drug-likeness (QED) is 0.402. The molecule has 1 nitrogen and oxygen atoms in total. The van der Waals surface area contributed by atoms with E-state index in [2.05, 4.69) is 42.5 Å². The zero-order valence-electron chi connectivity index (χ0n) is 13.6. The lowest BCUT2D eigenvalue weighted by Crippen LogP contribution is -1.91. The van der Waals surface area contributed by atoms with E-state index in [1.54, 1.807) is 0 Å². The summed E-state index contributed by atoms with van der Waals surface area (Å²) in [6, 6.07) is 32.7. The van der Waals surface area contributed by atoms with Gasteiger partial charge in [0.1, 0.15) is 0 Å². The Bertz CT molecular complexity index is 937. The Morgan fingerprint density at radius 1 is 0.480 bits per heavy atom. The first-order valence-corrected chi connectivity index (χ1v) is 8.56. The first-order chi connectivity index (χ1) is 12.3. The molecule has 1 heterocycles. The summed E-state index contributed by atoms with van der Waals surface area (Å²) in [5, 5.41) is 0.733. The smallest absolute Gasteiger partial charge is 0.0715 e. The third-order valence-electron chi connectivity index (χ3n) is 4.12. The van der Waals surface area contributed by atoms with Crippen LogP contribution in [0.4, 0.5) is 0 Å². The molecule has 0 spiro atoms. The van der Waals surface area contributed by atoms with E-state index in [9.17, 15) is 0 Å². The Labute approximate surface area is 152 Å². The van der Waals surface area contributed by atoms with Gasteiger partial charge in [-0.05, 0) is 35.4 Å². The van der Waals surface area contributed by atoms with Gasteiger partial charge in [0, 0.05) is 16.1 Å². The highest BCUT2D eigenvalue weighted by atomic mass is 35.5. The Morgan fingerprint density at radius 2 is 1.00 bits per heavy atom. The van der Waals surface area contributed by atoms with E-state index in [1.165, 1.54) is 0 Å². The van der Waals surface area contributed by atoms with Gasteiger partial charge in [0.25, 0.3) is 0 Å². The van der Waals surface area contributed by atoms with E-state index >= 15 is 0 Å². The molecular weight excluding hydrogens is 326 g/mol. The van der Waals surface area contributed by atoms with E-state index in [1.807, 2.05) is 54.6 Å². The highest BCUT2D eigenvalue weighted by molar-refractivity contribution is 6.30. The van der Waals surface area contributed by atoms with Gasteiger partial charge in [-0.1, -0.05) is 84.4 Å². The molecule has 0 saturated carbocycles. The maximum atomic E-state index is 6.19. The molecule has 1 aromatic heterocycles. The van der Waals surface area contributed by atoms with Crippen LogP contribution in [0.5, 0.6) is 0 Å². The topological polar surface area (TPSA) is 12.9 Å². The van der Waals surface area contributed by atoms with Gasteiger partial charge in [0.2, 0.25) is 0 Å². The van der Waals surface area contributed by atoms with Gasteiger partial charge < -0.3 is 0 Å². The molecule has 0 aliphatic carbocycles. The van der Waals surface area contributed by atoms with Crippen molar-refractivity contribution < 1.29 is 0 Å². The predicted octanol–water partition coefficient (Wildman–Crippen LogP) is 6.74.